The molecule has 0 atom stereocenters. The number of nitrogens with zero attached hydrogens (tertiary/aromatic N) is 2. The molecule has 2 rings (SSSR count). The molecule has 0 aliphatic heterocycles. The SMILES string of the molecule is CCCn1c(=O)[nH]c(=O)c2[nH]c(C(C)(C)OC)nc21. The first-order valence-electron chi connectivity index (χ1n) is 6.19. The second-order valence-corrected chi connectivity index (χ2v) is 4.91. The zero-order valence-corrected chi connectivity index (χ0v) is 11.5. The van der Waals surface area contributed by atoms with Crippen molar-refractivity contribution in [1.82, 2.24) is 19.5 Å². The van der Waals surface area contributed by atoms with Crippen LogP contribution >= 0.6 is 0 Å². The normalized spacial score (nSPS) is 12.2. The number of aromatic amines is 2. The van der Waals surface area contributed by atoms with Crippen LogP contribution in [0.25, 0.3) is 11.2 Å². The summed E-state index contributed by atoms with van der Waals surface area (Å²) in [4.78, 5) is 33.2. The average Bonchev–Trinajstić information content (AvgIpc) is 2.80. The van der Waals surface area contributed by atoms with Crippen LogP contribution in [0.3, 0.4) is 0 Å². The number of hydrogen-bond acceptors (Lipinski definition) is 4. The Kier molecular flexibility index (Phi) is 3.32. The van der Waals surface area contributed by atoms with Gasteiger partial charge < -0.3 is 9.72 Å². The summed E-state index contributed by atoms with van der Waals surface area (Å²) in [5.74, 6) is 0.519. The van der Waals surface area contributed by atoms with Gasteiger partial charge in [-0.15, -0.1) is 0 Å². The Balaban J connectivity index is 2.78. The van der Waals surface area contributed by atoms with Crippen LogP contribution in [-0.4, -0.2) is 26.6 Å². The lowest BCUT2D eigenvalue weighted by molar-refractivity contribution is 0.0124. The largest absolute Gasteiger partial charge is 0.371 e. The Labute approximate surface area is 109 Å². The summed E-state index contributed by atoms with van der Waals surface area (Å²) in [5, 5.41) is 0. The van der Waals surface area contributed by atoms with Crippen molar-refractivity contribution < 1.29 is 4.74 Å². The molecule has 0 unspecified atom stereocenters. The van der Waals surface area contributed by atoms with Crippen molar-refractivity contribution in [2.75, 3.05) is 7.11 Å². The molecule has 7 nitrogen and oxygen atoms in total. The van der Waals surface area contributed by atoms with E-state index < -0.39 is 16.9 Å². The van der Waals surface area contributed by atoms with Gasteiger partial charge in [-0.25, -0.2) is 9.78 Å². The summed E-state index contributed by atoms with van der Waals surface area (Å²) in [5.41, 5.74) is -0.882. The highest BCUT2D eigenvalue weighted by atomic mass is 16.5. The Bertz CT molecular complexity index is 708. The number of H-pyrrole nitrogens is 2. The summed E-state index contributed by atoms with van der Waals surface area (Å²) in [6.07, 6.45) is 0.775. The first-order valence-corrected chi connectivity index (χ1v) is 6.19. The Morgan fingerprint density at radius 2 is 2.00 bits per heavy atom. The second kappa shape index (κ2) is 4.65. The quantitative estimate of drug-likeness (QED) is 0.852. The lowest BCUT2D eigenvalue weighted by atomic mass is 10.1. The van der Waals surface area contributed by atoms with Crippen molar-refractivity contribution in [3.8, 4) is 0 Å². The maximum Gasteiger partial charge on any atom is 0.330 e. The van der Waals surface area contributed by atoms with Gasteiger partial charge in [-0.05, 0) is 20.3 Å². The molecule has 0 bridgehead atoms. The second-order valence-electron chi connectivity index (χ2n) is 4.91. The molecule has 104 valence electrons. The minimum atomic E-state index is -0.654. The molecule has 0 aromatic carbocycles. The van der Waals surface area contributed by atoms with E-state index in [4.69, 9.17) is 4.74 Å². The van der Waals surface area contributed by atoms with Gasteiger partial charge in [0.2, 0.25) is 0 Å². The molecule has 7 heteroatoms. The smallest absolute Gasteiger partial charge is 0.330 e. The maximum atomic E-state index is 11.8. The van der Waals surface area contributed by atoms with Crippen molar-refractivity contribution in [2.45, 2.75) is 39.3 Å². The van der Waals surface area contributed by atoms with Gasteiger partial charge in [0.05, 0.1) is 0 Å². The zero-order valence-electron chi connectivity index (χ0n) is 11.5. The standard InChI is InChI=1S/C12H18N4O3/c1-5-6-16-8-7(9(17)15-11(16)18)13-10(14-8)12(2,3)19-4/h5-6H2,1-4H3,(H,13,14)(H,15,17,18). The number of imidazole rings is 1. The number of fused-ring (bicyclic) bond motifs is 1. The van der Waals surface area contributed by atoms with Crippen LogP contribution in [0.4, 0.5) is 0 Å². The van der Waals surface area contributed by atoms with Crippen LogP contribution in [0.1, 0.15) is 33.0 Å². The molecule has 0 aliphatic rings. The summed E-state index contributed by atoms with van der Waals surface area (Å²) >= 11 is 0. The van der Waals surface area contributed by atoms with Crippen molar-refractivity contribution in [2.24, 2.45) is 0 Å². The van der Waals surface area contributed by atoms with Gasteiger partial charge in [0.25, 0.3) is 5.56 Å². The van der Waals surface area contributed by atoms with Crippen LogP contribution in [-0.2, 0) is 16.9 Å². The minimum Gasteiger partial charge on any atom is -0.371 e. The number of nitrogens with one attached hydrogen (secondary N) is 2. The molecule has 19 heavy (non-hydrogen) atoms. The van der Waals surface area contributed by atoms with Crippen LogP contribution in [0.5, 0.6) is 0 Å². The summed E-state index contributed by atoms with van der Waals surface area (Å²) in [6.45, 7) is 6.13. The molecular formula is C12H18N4O3. The molecule has 0 saturated carbocycles. The van der Waals surface area contributed by atoms with E-state index in [1.54, 1.807) is 7.11 Å². The van der Waals surface area contributed by atoms with E-state index in [1.165, 1.54) is 4.57 Å². The van der Waals surface area contributed by atoms with Crippen LogP contribution in [0.2, 0.25) is 0 Å². The zero-order chi connectivity index (χ0) is 14.2. The molecule has 2 aromatic heterocycles. The molecule has 0 fully saturated rings. The molecule has 0 radical (unpaired) electrons. The van der Waals surface area contributed by atoms with Gasteiger partial charge in [-0.1, -0.05) is 6.92 Å². The molecule has 0 aliphatic carbocycles. The van der Waals surface area contributed by atoms with Crippen molar-refractivity contribution >= 4 is 11.2 Å². The van der Waals surface area contributed by atoms with Gasteiger partial charge in [-0.3, -0.25) is 14.3 Å². The van der Waals surface area contributed by atoms with Crippen molar-refractivity contribution in [3.05, 3.63) is 26.7 Å². The lowest BCUT2D eigenvalue weighted by Crippen LogP contribution is -2.30. The number of methoxy groups -OCH3 is 1. The monoisotopic (exact) mass is 266 g/mol. The third kappa shape index (κ3) is 2.21. The van der Waals surface area contributed by atoms with Gasteiger partial charge in [0, 0.05) is 13.7 Å². The number of aryl methyl sites for hydroxylation is 1. The highest BCUT2D eigenvalue weighted by Crippen LogP contribution is 2.22. The summed E-state index contributed by atoms with van der Waals surface area (Å²) in [7, 11) is 1.57. The third-order valence-electron chi connectivity index (χ3n) is 3.16. The first-order chi connectivity index (χ1) is 8.90. The number of hydrogen-bond donors (Lipinski definition) is 2. The van der Waals surface area contributed by atoms with Gasteiger partial charge in [-0.2, -0.15) is 0 Å². The summed E-state index contributed by atoms with van der Waals surface area (Å²) < 4.78 is 6.79. The van der Waals surface area contributed by atoms with E-state index in [0.717, 1.165) is 6.42 Å². The number of ether oxygens (including phenoxy) is 1. The highest BCUT2D eigenvalue weighted by molar-refractivity contribution is 5.69. The molecular weight excluding hydrogens is 248 g/mol. The minimum absolute atomic E-state index is 0.299. The van der Waals surface area contributed by atoms with E-state index in [9.17, 15) is 9.59 Å². The van der Waals surface area contributed by atoms with E-state index in [0.29, 0.717) is 23.5 Å². The van der Waals surface area contributed by atoms with E-state index in [1.807, 2.05) is 20.8 Å². The number of aromatic nitrogens is 4. The van der Waals surface area contributed by atoms with Crippen molar-refractivity contribution in [3.63, 3.8) is 0 Å². The Morgan fingerprint density at radius 1 is 1.32 bits per heavy atom. The van der Waals surface area contributed by atoms with E-state index >= 15 is 0 Å². The van der Waals surface area contributed by atoms with Gasteiger partial charge in [0.1, 0.15) is 16.9 Å². The average molecular weight is 266 g/mol. The molecule has 0 saturated heterocycles. The van der Waals surface area contributed by atoms with Gasteiger partial charge >= 0.3 is 5.69 Å². The van der Waals surface area contributed by atoms with Crippen LogP contribution in [0.15, 0.2) is 9.59 Å². The van der Waals surface area contributed by atoms with E-state index in [-0.39, 0.29) is 0 Å². The molecule has 2 aromatic rings. The topological polar surface area (TPSA) is 92.8 Å². The fraction of sp³-hybridized carbons (Fsp3) is 0.583. The highest BCUT2D eigenvalue weighted by Gasteiger charge is 2.25. The van der Waals surface area contributed by atoms with Crippen LogP contribution < -0.4 is 11.2 Å². The molecule has 0 spiro atoms. The fourth-order valence-electron chi connectivity index (χ4n) is 1.85. The predicted octanol–water partition coefficient (Wildman–Crippen LogP) is 0.704. The Hall–Kier alpha value is -1.89. The third-order valence-corrected chi connectivity index (χ3v) is 3.16. The van der Waals surface area contributed by atoms with Gasteiger partial charge in [0.15, 0.2) is 5.65 Å². The summed E-state index contributed by atoms with van der Waals surface area (Å²) in [6, 6.07) is 0. The molecule has 2 heterocycles. The van der Waals surface area contributed by atoms with Crippen LogP contribution in [0, 0.1) is 0 Å². The number of rotatable bonds is 4. The fourth-order valence-corrected chi connectivity index (χ4v) is 1.85. The predicted molar refractivity (Wildman–Crippen MR) is 71.3 cm³/mol. The molecule has 2 N–H and O–H groups in total. The molecule has 0 amide bonds. The lowest BCUT2D eigenvalue weighted by Gasteiger charge is -2.19. The Morgan fingerprint density at radius 3 is 2.58 bits per heavy atom. The van der Waals surface area contributed by atoms with E-state index in [2.05, 4.69) is 15.0 Å². The maximum absolute atomic E-state index is 11.8. The first kappa shape index (κ1) is 13.5. The van der Waals surface area contributed by atoms with Crippen molar-refractivity contribution in [1.29, 1.82) is 0 Å².